The molecule has 1 aromatic carbocycles. The van der Waals surface area contributed by atoms with Gasteiger partial charge in [0.1, 0.15) is 0 Å². The molecule has 0 bridgehead atoms. The predicted octanol–water partition coefficient (Wildman–Crippen LogP) is 3.46. The smallest absolute Gasteiger partial charge is 0.335 e. The highest BCUT2D eigenvalue weighted by Gasteiger charge is 2.24. The van der Waals surface area contributed by atoms with Crippen molar-refractivity contribution in [2.75, 3.05) is 25.5 Å². The molecule has 1 heterocycles. The van der Waals surface area contributed by atoms with Crippen LogP contribution in [0.2, 0.25) is 0 Å². The number of hydroxylamine groups is 1. The maximum absolute atomic E-state index is 12.5. The van der Waals surface area contributed by atoms with Crippen molar-refractivity contribution in [2.24, 2.45) is 0 Å². The Hall–Kier alpha value is -2.97. The van der Waals surface area contributed by atoms with Gasteiger partial charge < -0.3 is 10.2 Å². The van der Waals surface area contributed by atoms with Crippen molar-refractivity contribution in [3.8, 4) is 0 Å². The zero-order valence-electron chi connectivity index (χ0n) is 17.3. The molecule has 0 radical (unpaired) electrons. The molecule has 8 nitrogen and oxygen atoms in total. The van der Waals surface area contributed by atoms with Crippen molar-refractivity contribution < 1.29 is 14.4 Å². The summed E-state index contributed by atoms with van der Waals surface area (Å²) in [5.74, 6) is -0.0631. The first kappa shape index (κ1) is 21.7. The molecule has 0 spiro atoms. The molecule has 1 aliphatic rings. The molecule has 1 aromatic heterocycles. The van der Waals surface area contributed by atoms with Crippen LogP contribution in [-0.4, -0.2) is 53.2 Å². The molecule has 30 heavy (non-hydrogen) atoms. The number of hydrogen-bond acceptors (Lipinski definition) is 5. The van der Waals surface area contributed by atoms with Gasteiger partial charge in [-0.1, -0.05) is 42.6 Å². The quantitative estimate of drug-likeness (QED) is 0.650. The van der Waals surface area contributed by atoms with Gasteiger partial charge in [0.15, 0.2) is 0 Å². The van der Waals surface area contributed by atoms with Crippen LogP contribution in [0.25, 0.3) is 0 Å². The Balaban J connectivity index is 1.53. The molecule has 3 amide bonds. The maximum Gasteiger partial charge on any atom is 0.335 e. The highest BCUT2D eigenvalue weighted by Crippen LogP contribution is 2.22. The number of likely N-dealkylation sites (N-methyl/N-ethyl adjacent to an activating group) is 1. The number of hydrazine groups is 1. The first-order chi connectivity index (χ1) is 14.6. The van der Waals surface area contributed by atoms with Gasteiger partial charge in [-0.3, -0.25) is 14.6 Å². The molecule has 8 heteroatoms. The lowest BCUT2D eigenvalue weighted by molar-refractivity contribution is -0.217. The topological polar surface area (TPSA) is 86.8 Å². The van der Waals surface area contributed by atoms with E-state index in [4.69, 9.17) is 4.84 Å². The summed E-state index contributed by atoms with van der Waals surface area (Å²) in [4.78, 5) is 36.4. The molecule has 3 rings (SSSR count). The van der Waals surface area contributed by atoms with Gasteiger partial charge in [0, 0.05) is 37.2 Å². The van der Waals surface area contributed by atoms with Gasteiger partial charge in [-0.2, -0.15) is 0 Å². The second kappa shape index (κ2) is 11.3. The molecule has 0 saturated heterocycles. The molecule has 1 aliphatic carbocycles. The second-order valence-electron chi connectivity index (χ2n) is 7.35. The molecular weight excluding hydrogens is 382 g/mol. The monoisotopic (exact) mass is 411 g/mol. The third-order valence-electron chi connectivity index (χ3n) is 5.08. The number of urea groups is 1. The maximum atomic E-state index is 12.5. The lowest BCUT2D eigenvalue weighted by Gasteiger charge is -2.33. The summed E-state index contributed by atoms with van der Waals surface area (Å²) in [7, 11) is 1.74. The van der Waals surface area contributed by atoms with E-state index in [9.17, 15) is 9.59 Å². The number of pyridine rings is 1. The lowest BCUT2D eigenvalue weighted by atomic mass is 9.96. The summed E-state index contributed by atoms with van der Waals surface area (Å²) >= 11 is 0. The van der Waals surface area contributed by atoms with Gasteiger partial charge in [0.05, 0.1) is 12.6 Å². The van der Waals surface area contributed by atoms with E-state index >= 15 is 0 Å². The van der Waals surface area contributed by atoms with Crippen LogP contribution in [0.5, 0.6) is 0 Å². The average molecular weight is 412 g/mol. The summed E-state index contributed by atoms with van der Waals surface area (Å²) in [6.07, 6.45) is 8.54. The number of nitrogens with one attached hydrogen (secondary N) is 2. The number of nitrogens with zero attached hydrogens (tertiary/aromatic N) is 3. The molecule has 1 saturated carbocycles. The van der Waals surface area contributed by atoms with E-state index in [1.165, 1.54) is 6.42 Å². The van der Waals surface area contributed by atoms with E-state index in [1.54, 1.807) is 53.8 Å². The number of aromatic nitrogens is 1. The Labute approximate surface area is 177 Å². The normalized spacial score (nSPS) is 14.3. The second-order valence-corrected chi connectivity index (χ2v) is 7.35. The van der Waals surface area contributed by atoms with Crippen LogP contribution in [0.3, 0.4) is 0 Å². The van der Waals surface area contributed by atoms with E-state index in [0.29, 0.717) is 17.8 Å². The number of benzene rings is 1. The van der Waals surface area contributed by atoms with E-state index in [1.807, 2.05) is 18.2 Å². The van der Waals surface area contributed by atoms with Crippen molar-refractivity contribution in [3.05, 3.63) is 60.4 Å². The molecule has 1 fully saturated rings. The largest absolute Gasteiger partial charge is 0.339 e. The first-order valence-corrected chi connectivity index (χ1v) is 10.3. The van der Waals surface area contributed by atoms with Gasteiger partial charge >= 0.3 is 6.03 Å². The fourth-order valence-electron chi connectivity index (χ4n) is 3.42. The number of carbonyl (C=O) groups excluding carboxylic acids is 2. The molecule has 160 valence electrons. The van der Waals surface area contributed by atoms with Crippen LogP contribution < -0.4 is 10.7 Å². The standard InChI is InChI=1S/C22H29N5O3/c1-26(21(28)18-8-4-2-5-9-18)16-17-30-27(20-10-6-3-7-11-20)25-22(29)24-19-12-14-23-15-13-19/h2,4-5,8-9,12-15,20H,3,6-7,10-11,16-17H2,1H3,(H2,23,24,25,29). The molecule has 2 N–H and O–H groups in total. The molecule has 2 aromatic rings. The summed E-state index contributed by atoms with van der Waals surface area (Å²) in [6, 6.07) is 12.3. The number of anilines is 1. The molecule has 0 unspecified atom stereocenters. The highest BCUT2D eigenvalue weighted by molar-refractivity contribution is 5.94. The SMILES string of the molecule is CN(CCON(NC(=O)Nc1ccncc1)C1CCCCC1)C(=O)c1ccccc1. The summed E-state index contributed by atoms with van der Waals surface area (Å²) in [5, 5.41) is 4.33. The van der Waals surface area contributed by atoms with Gasteiger partial charge in [-0.15, -0.1) is 0 Å². The number of hydrogen-bond donors (Lipinski definition) is 2. The van der Waals surface area contributed by atoms with Crippen LogP contribution in [0.4, 0.5) is 10.5 Å². The minimum Gasteiger partial charge on any atom is -0.339 e. The van der Waals surface area contributed by atoms with Crippen LogP contribution >= 0.6 is 0 Å². The lowest BCUT2D eigenvalue weighted by Crippen LogP contribution is -2.51. The number of amides is 3. The van der Waals surface area contributed by atoms with Gasteiger partial charge in [-0.05, 0) is 37.1 Å². The van der Waals surface area contributed by atoms with Crippen LogP contribution in [0.15, 0.2) is 54.9 Å². The Kier molecular flexibility index (Phi) is 8.17. The molecule has 0 aliphatic heterocycles. The van der Waals surface area contributed by atoms with Gasteiger partial charge in [0.2, 0.25) is 0 Å². The summed E-state index contributed by atoms with van der Waals surface area (Å²) in [5.41, 5.74) is 4.10. The van der Waals surface area contributed by atoms with E-state index < -0.39 is 0 Å². The Morgan fingerprint density at radius 2 is 1.77 bits per heavy atom. The van der Waals surface area contributed by atoms with Crippen LogP contribution in [0.1, 0.15) is 42.5 Å². The van der Waals surface area contributed by atoms with E-state index in [0.717, 1.165) is 25.7 Å². The van der Waals surface area contributed by atoms with E-state index in [2.05, 4.69) is 15.7 Å². The van der Waals surface area contributed by atoms with Crippen LogP contribution in [-0.2, 0) is 4.84 Å². The number of rotatable bonds is 8. The van der Waals surface area contributed by atoms with Crippen molar-refractivity contribution in [1.29, 1.82) is 0 Å². The minimum atomic E-state index is -0.375. The first-order valence-electron chi connectivity index (χ1n) is 10.3. The zero-order valence-corrected chi connectivity index (χ0v) is 17.3. The number of carbonyl (C=O) groups is 2. The fourth-order valence-corrected chi connectivity index (χ4v) is 3.42. The third kappa shape index (κ3) is 6.53. The summed E-state index contributed by atoms with van der Waals surface area (Å²) in [6.45, 7) is 0.686. The molecule has 0 atom stereocenters. The summed E-state index contributed by atoms with van der Waals surface area (Å²) < 4.78 is 0. The average Bonchev–Trinajstić information content (AvgIpc) is 2.79. The van der Waals surface area contributed by atoms with Crippen molar-refractivity contribution in [1.82, 2.24) is 20.5 Å². The Bertz CT molecular complexity index is 797. The van der Waals surface area contributed by atoms with Gasteiger partial charge in [-0.25, -0.2) is 10.2 Å². The zero-order chi connectivity index (χ0) is 21.2. The van der Waals surface area contributed by atoms with Crippen molar-refractivity contribution in [2.45, 2.75) is 38.1 Å². The fraction of sp³-hybridized carbons (Fsp3) is 0.409. The predicted molar refractivity (Wildman–Crippen MR) is 114 cm³/mol. The third-order valence-corrected chi connectivity index (χ3v) is 5.08. The minimum absolute atomic E-state index is 0.0631. The van der Waals surface area contributed by atoms with E-state index in [-0.39, 0.29) is 24.6 Å². The highest BCUT2D eigenvalue weighted by atomic mass is 16.7. The Morgan fingerprint density at radius 1 is 1.07 bits per heavy atom. The van der Waals surface area contributed by atoms with Crippen molar-refractivity contribution >= 4 is 17.6 Å². The van der Waals surface area contributed by atoms with Gasteiger partial charge in [0.25, 0.3) is 5.91 Å². The van der Waals surface area contributed by atoms with Crippen LogP contribution in [0, 0.1) is 0 Å². The molecular formula is C22H29N5O3. The Morgan fingerprint density at radius 3 is 2.47 bits per heavy atom. The van der Waals surface area contributed by atoms with Crippen molar-refractivity contribution in [3.63, 3.8) is 0 Å².